The van der Waals surface area contributed by atoms with Crippen molar-refractivity contribution in [1.82, 2.24) is 0 Å². The van der Waals surface area contributed by atoms with Crippen molar-refractivity contribution >= 4 is 0 Å². The maximum Gasteiger partial charge on any atom is 0.196 e. The molecule has 2 nitrogen and oxygen atoms in total. The molecule has 4 rings (SSSR count). The average Bonchev–Trinajstić information content (AvgIpc) is 2.87. The van der Waals surface area contributed by atoms with Gasteiger partial charge in [-0.15, -0.1) is 0 Å². The highest BCUT2D eigenvalue weighted by Crippen LogP contribution is 2.41. The number of benzene rings is 1. The summed E-state index contributed by atoms with van der Waals surface area (Å²) in [5, 5.41) is 0. The Kier molecular flexibility index (Phi) is 8.18. The van der Waals surface area contributed by atoms with Gasteiger partial charge in [0.25, 0.3) is 0 Å². The van der Waals surface area contributed by atoms with Crippen molar-refractivity contribution in [2.45, 2.75) is 75.7 Å². The number of rotatable bonds is 6. The summed E-state index contributed by atoms with van der Waals surface area (Å²) >= 11 is 0. The van der Waals surface area contributed by atoms with Crippen LogP contribution in [0.5, 0.6) is 0 Å². The normalized spacial score (nSPS) is 30.5. The van der Waals surface area contributed by atoms with Gasteiger partial charge in [-0.2, -0.15) is 4.39 Å². The molecular weight excluding hydrogens is 444 g/mol. The molecule has 34 heavy (non-hydrogen) atoms. The smallest absolute Gasteiger partial charge is 0.196 e. The van der Waals surface area contributed by atoms with E-state index in [2.05, 4.69) is 0 Å². The predicted octanol–water partition coefficient (Wildman–Crippen LogP) is 8.17. The first-order valence-corrected chi connectivity index (χ1v) is 12.4. The summed E-state index contributed by atoms with van der Waals surface area (Å²) < 4.78 is 68.5. The maximum atomic E-state index is 15.1. The third kappa shape index (κ3) is 5.27. The van der Waals surface area contributed by atoms with Gasteiger partial charge in [-0.1, -0.05) is 24.3 Å². The molecule has 0 spiro atoms. The van der Waals surface area contributed by atoms with Gasteiger partial charge in [0.2, 0.25) is 0 Å². The molecular formula is C28H34F4O2. The molecule has 1 atom stereocenters. The monoisotopic (exact) mass is 478 g/mol. The third-order valence-electron chi connectivity index (χ3n) is 7.95. The van der Waals surface area contributed by atoms with Crippen molar-refractivity contribution in [3.05, 3.63) is 70.5 Å². The molecule has 2 saturated carbocycles. The molecule has 1 aromatic rings. The predicted molar refractivity (Wildman–Crippen MR) is 125 cm³/mol. The Labute approximate surface area is 199 Å². The largest absolute Gasteiger partial charge is 0.494 e. The molecule has 0 radical (unpaired) electrons. The number of ether oxygens (including phenoxy) is 2. The van der Waals surface area contributed by atoms with Crippen molar-refractivity contribution in [3.63, 3.8) is 0 Å². The zero-order valence-electron chi connectivity index (χ0n) is 20.0. The molecule has 1 aromatic carbocycles. The fraction of sp³-hybridized carbons (Fsp3) is 0.571. The number of hydrogen-bond acceptors (Lipinski definition) is 2. The second-order valence-electron chi connectivity index (χ2n) is 9.85. The zero-order valence-corrected chi connectivity index (χ0v) is 20.0. The van der Waals surface area contributed by atoms with Crippen molar-refractivity contribution in [2.24, 2.45) is 11.8 Å². The van der Waals surface area contributed by atoms with Crippen LogP contribution in [0, 0.1) is 23.5 Å². The van der Waals surface area contributed by atoms with Gasteiger partial charge >= 0.3 is 0 Å². The highest BCUT2D eigenvalue weighted by molar-refractivity contribution is 5.33. The van der Waals surface area contributed by atoms with Gasteiger partial charge in [0, 0.05) is 13.0 Å². The SMILES string of the molecule is COC1=CCC(/C=C/C2CCC(c3ccc(C4CCC(OC)CC4)c(F)c3F)CC2)C(F)=C1F. The Bertz CT molecular complexity index is 951. The summed E-state index contributed by atoms with van der Waals surface area (Å²) in [7, 11) is 3.02. The highest BCUT2D eigenvalue weighted by Gasteiger charge is 2.30. The quantitative estimate of drug-likeness (QED) is 0.303. The van der Waals surface area contributed by atoms with Gasteiger partial charge in [-0.3, -0.25) is 0 Å². The van der Waals surface area contributed by atoms with Gasteiger partial charge in [-0.05, 0) is 92.7 Å². The van der Waals surface area contributed by atoms with Crippen molar-refractivity contribution in [2.75, 3.05) is 14.2 Å². The number of allylic oxidation sites excluding steroid dienone is 5. The summed E-state index contributed by atoms with van der Waals surface area (Å²) in [5.41, 5.74) is 0.961. The Morgan fingerprint density at radius 2 is 1.32 bits per heavy atom. The molecule has 0 aromatic heterocycles. The fourth-order valence-electron chi connectivity index (χ4n) is 5.78. The summed E-state index contributed by atoms with van der Waals surface area (Å²) in [6.07, 6.45) is 12.3. The molecule has 3 aliphatic rings. The van der Waals surface area contributed by atoms with Crippen LogP contribution in [0.1, 0.15) is 80.8 Å². The Morgan fingerprint density at radius 3 is 1.85 bits per heavy atom. The molecule has 0 aliphatic heterocycles. The first-order chi connectivity index (χ1) is 16.4. The summed E-state index contributed by atoms with van der Waals surface area (Å²) in [5.74, 6) is -3.53. The topological polar surface area (TPSA) is 18.5 Å². The highest BCUT2D eigenvalue weighted by atomic mass is 19.2. The van der Waals surface area contributed by atoms with E-state index in [-0.39, 0.29) is 29.6 Å². The van der Waals surface area contributed by atoms with E-state index in [9.17, 15) is 8.78 Å². The number of methoxy groups -OCH3 is 2. The van der Waals surface area contributed by atoms with Crippen LogP contribution in [0.4, 0.5) is 17.6 Å². The molecule has 6 heteroatoms. The van der Waals surface area contributed by atoms with Crippen LogP contribution in [0.25, 0.3) is 0 Å². The minimum Gasteiger partial charge on any atom is -0.494 e. The molecule has 1 unspecified atom stereocenters. The molecule has 0 amide bonds. The van der Waals surface area contributed by atoms with Gasteiger partial charge in [0.05, 0.1) is 13.2 Å². The molecule has 0 bridgehead atoms. The molecule has 2 fully saturated rings. The van der Waals surface area contributed by atoms with E-state index in [4.69, 9.17) is 9.47 Å². The van der Waals surface area contributed by atoms with Crippen molar-refractivity contribution in [3.8, 4) is 0 Å². The molecule has 0 N–H and O–H groups in total. The molecule has 186 valence electrons. The Morgan fingerprint density at radius 1 is 0.765 bits per heavy atom. The lowest BCUT2D eigenvalue weighted by molar-refractivity contribution is 0.0655. The van der Waals surface area contributed by atoms with Crippen LogP contribution in [-0.4, -0.2) is 20.3 Å². The lowest BCUT2D eigenvalue weighted by atomic mass is 9.77. The van der Waals surface area contributed by atoms with E-state index >= 15 is 8.78 Å². The number of hydrogen-bond donors (Lipinski definition) is 0. The van der Waals surface area contributed by atoms with E-state index in [1.165, 1.54) is 7.11 Å². The van der Waals surface area contributed by atoms with Crippen molar-refractivity contribution < 1.29 is 27.0 Å². The van der Waals surface area contributed by atoms with Gasteiger partial charge < -0.3 is 9.47 Å². The molecule has 3 aliphatic carbocycles. The van der Waals surface area contributed by atoms with E-state index in [0.29, 0.717) is 17.5 Å². The van der Waals surface area contributed by atoms with E-state index < -0.39 is 29.2 Å². The second-order valence-corrected chi connectivity index (χ2v) is 9.85. The minimum absolute atomic E-state index is 0.0200. The summed E-state index contributed by atoms with van der Waals surface area (Å²) in [4.78, 5) is 0. The lowest BCUT2D eigenvalue weighted by Gasteiger charge is -2.30. The summed E-state index contributed by atoms with van der Waals surface area (Å²) in [6, 6.07) is 3.56. The van der Waals surface area contributed by atoms with E-state index in [1.807, 2.05) is 6.08 Å². The first kappa shape index (κ1) is 25.0. The second kappa shape index (κ2) is 11.1. The Hall–Kier alpha value is -2.08. The van der Waals surface area contributed by atoms with E-state index in [1.54, 1.807) is 31.4 Å². The Balaban J connectivity index is 1.35. The van der Waals surface area contributed by atoms with Crippen molar-refractivity contribution in [1.29, 1.82) is 0 Å². The van der Waals surface area contributed by atoms with Gasteiger partial charge in [0.1, 0.15) is 5.83 Å². The van der Waals surface area contributed by atoms with Gasteiger partial charge in [0.15, 0.2) is 23.2 Å². The van der Waals surface area contributed by atoms with Crippen LogP contribution in [0.15, 0.2) is 47.8 Å². The maximum absolute atomic E-state index is 15.1. The number of halogens is 4. The lowest BCUT2D eigenvalue weighted by Crippen LogP contribution is -2.20. The first-order valence-electron chi connectivity index (χ1n) is 12.4. The standard InChI is InChI=1S/C28H34F4O2/c1-33-21-12-9-19(10-13-21)23-15-14-22(26(30)27(23)31)18-6-3-17(4-7-18)5-8-20-11-16-24(34-2)28(32)25(20)29/h5,8,14-21H,3-4,6-7,9-13H2,1-2H3/b8-5+. The minimum atomic E-state index is -0.931. The zero-order chi connectivity index (χ0) is 24.2. The van der Waals surface area contributed by atoms with Crippen LogP contribution >= 0.6 is 0 Å². The van der Waals surface area contributed by atoms with E-state index in [0.717, 1.165) is 51.4 Å². The van der Waals surface area contributed by atoms with Gasteiger partial charge in [-0.25, -0.2) is 13.2 Å². The average molecular weight is 479 g/mol. The third-order valence-corrected chi connectivity index (χ3v) is 7.95. The fourth-order valence-corrected chi connectivity index (χ4v) is 5.78. The van der Waals surface area contributed by atoms with Crippen LogP contribution in [0.2, 0.25) is 0 Å². The van der Waals surface area contributed by atoms with Crippen LogP contribution < -0.4 is 0 Å². The summed E-state index contributed by atoms with van der Waals surface area (Å²) in [6.45, 7) is 0. The molecule has 0 saturated heterocycles. The van der Waals surface area contributed by atoms with Crippen LogP contribution in [-0.2, 0) is 9.47 Å². The van der Waals surface area contributed by atoms with Crippen LogP contribution in [0.3, 0.4) is 0 Å². The molecule has 0 heterocycles.